The Morgan fingerprint density at radius 1 is 0.429 bits per heavy atom. The van der Waals surface area contributed by atoms with Crippen molar-refractivity contribution < 1.29 is 72.9 Å². The Balaban J connectivity index is 6.58. The number of rotatable bonds is 34. The zero-order valence-corrected chi connectivity index (χ0v) is 35.4. The summed E-state index contributed by atoms with van der Waals surface area (Å²) in [5.74, 6) is -13.3. The van der Waals surface area contributed by atoms with Gasteiger partial charge >= 0.3 is 17.9 Å². The predicted octanol–water partition coefficient (Wildman–Crippen LogP) is -4.99. The molecule has 0 saturated heterocycles. The summed E-state index contributed by atoms with van der Waals surface area (Å²) in [7, 11) is 0. The van der Waals surface area contributed by atoms with Crippen LogP contribution >= 0.6 is 0 Å². The Hall–Kier alpha value is -6.44. The molecule has 7 atom stereocenters. The first kappa shape index (κ1) is 56.6. The number of amides is 9. The molecule has 0 saturated carbocycles. The molecule has 0 rings (SSSR count). The summed E-state index contributed by atoms with van der Waals surface area (Å²) >= 11 is 0. The summed E-state index contributed by atoms with van der Waals surface area (Å²) in [6.45, 7) is 3.67. The van der Waals surface area contributed by atoms with Gasteiger partial charge in [0.25, 0.3) is 0 Å². The van der Waals surface area contributed by atoms with Crippen LogP contribution < -0.4 is 60.6 Å². The summed E-state index contributed by atoms with van der Waals surface area (Å²) in [4.78, 5) is 150. The van der Waals surface area contributed by atoms with Crippen molar-refractivity contribution in [1.29, 1.82) is 0 Å². The molecular formula is C37H63N11O15. The standard InChI is InChI=1S/C37H63N11O15/c1-18(2)17-25(48-32(57)20(5-3-4-16-38)43-31(56)19(39)6-14-29(52)53)36(61)46-21(7-11-26(40)49)33(58)45-23(10-15-30(54)55)34(59)44-22(8-12-27(41)50)35(60)47-24(37(62)63)9-13-28(42)51/h18-25H,3-17,38-39H2,1-2H3,(H2,40,49)(H2,41,50)(H2,42,51)(H,43,56)(H,44,59)(H,45,58)(H,46,61)(H,47,60)(H,48,57)(H,52,53)(H,54,55)(H,62,63). The average molecular weight is 902 g/mol. The summed E-state index contributed by atoms with van der Waals surface area (Å²) < 4.78 is 0. The van der Waals surface area contributed by atoms with Crippen molar-refractivity contribution >= 4 is 71.1 Å². The Kier molecular flexibility index (Phi) is 26.7. The van der Waals surface area contributed by atoms with Gasteiger partial charge in [0.1, 0.15) is 36.3 Å². The molecular weight excluding hydrogens is 838 g/mol. The lowest BCUT2D eigenvalue weighted by Gasteiger charge is -2.28. The fourth-order valence-electron chi connectivity index (χ4n) is 5.71. The number of hydrogen-bond acceptors (Lipinski definition) is 14. The fourth-order valence-corrected chi connectivity index (χ4v) is 5.71. The molecule has 0 aromatic carbocycles. The lowest BCUT2D eigenvalue weighted by molar-refractivity contribution is -0.143. The van der Waals surface area contributed by atoms with E-state index >= 15 is 0 Å². The number of carbonyl (C=O) groups is 12. The molecule has 356 valence electrons. The highest BCUT2D eigenvalue weighted by Crippen LogP contribution is 2.11. The van der Waals surface area contributed by atoms with Gasteiger partial charge in [-0.3, -0.25) is 52.7 Å². The van der Waals surface area contributed by atoms with Crippen molar-refractivity contribution in [2.24, 2.45) is 34.6 Å². The normalized spacial score (nSPS) is 14.2. The van der Waals surface area contributed by atoms with Gasteiger partial charge in [0, 0.05) is 32.1 Å². The second-order valence-corrected chi connectivity index (χ2v) is 15.1. The third-order valence-electron chi connectivity index (χ3n) is 9.12. The van der Waals surface area contributed by atoms with Crippen LogP contribution in [0.3, 0.4) is 0 Å². The lowest BCUT2D eigenvalue weighted by Crippen LogP contribution is -2.60. The number of unbranched alkanes of at least 4 members (excludes halogenated alkanes) is 1. The van der Waals surface area contributed by atoms with Crippen LogP contribution in [-0.2, 0) is 57.5 Å². The molecule has 0 spiro atoms. The number of aliphatic carboxylic acids is 3. The summed E-state index contributed by atoms with van der Waals surface area (Å²) in [6.07, 6.45) is -4.07. The quantitative estimate of drug-likeness (QED) is 0.0269. The molecule has 0 radical (unpaired) electrons. The van der Waals surface area contributed by atoms with E-state index in [1.807, 2.05) is 0 Å². The molecule has 0 aromatic rings. The Labute approximate surface area is 362 Å². The number of primary amides is 3. The number of carboxylic acid groups (broad SMARTS) is 3. The molecule has 26 heteroatoms. The van der Waals surface area contributed by atoms with E-state index in [0.29, 0.717) is 12.8 Å². The largest absolute Gasteiger partial charge is 0.481 e. The second-order valence-electron chi connectivity index (χ2n) is 15.1. The van der Waals surface area contributed by atoms with E-state index in [4.69, 9.17) is 33.8 Å². The number of hydrogen-bond donors (Lipinski definition) is 14. The first-order chi connectivity index (χ1) is 29.4. The summed E-state index contributed by atoms with van der Waals surface area (Å²) in [5.41, 5.74) is 27.0. The third kappa shape index (κ3) is 25.2. The minimum atomic E-state index is -1.78. The van der Waals surface area contributed by atoms with Crippen LogP contribution in [0.4, 0.5) is 0 Å². The molecule has 0 bridgehead atoms. The molecule has 19 N–H and O–H groups in total. The second kappa shape index (κ2) is 29.8. The molecule has 26 nitrogen and oxygen atoms in total. The van der Waals surface area contributed by atoms with Gasteiger partial charge in [-0.2, -0.15) is 0 Å². The van der Waals surface area contributed by atoms with Gasteiger partial charge in [-0.1, -0.05) is 13.8 Å². The monoisotopic (exact) mass is 901 g/mol. The molecule has 7 unspecified atom stereocenters. The topological polar surface area (TPSA) is 468 Å². The van der Waals surface area contributed by atoms with Crippen molar-refractivity contribution in [1.82, 2.24) is 31.9 Å². The van der Waals surface area contributed by atoms with Gasteiger partial charge in [0.2, 0.25) is 53.2 Å². The molecule has 0 aliphatic rings. The van der Waals surface area contributed by atoms with Crippen LogP contribution in [0.2, 0.25) is 0 Å². The van der Waals surface area contributed by atoms with E-state index < -0.39 is 171 Å². The van der Waals surface area contributed by atoms with Crippen LogP contribution in [-0.4, -0.2) is 135 Å². The Bertz CT molecular complexity index is 1640. The minimum absolute atomic E-state index is 0.0347. The van der Waals surface area contributed by atoms with Crippen molar-refractivity contribution in [2.45, 2.75) is 146 Å². The molecule has 0 heterocycles. The summed E-state index contributed by atoms with van der Waals surface area (Å²) in [5, 5.41) is 41.9. The fraction of sp³-hybridized carbons (Fsp3) is 0.676. The van der Waals surface area contributed by atoms with Gasteiger partial charge < -0.3 is 75.9 Å². The first-order valence-corrected chi connectivity index (χ1v) is 20.2. The number of carboxylic acids is 3. The van der Waals surface area contributed by atoms with Crippen LogP contribution in [0.15, 0.2) is 0 Å². The van der Waals surface area contributed by atoms with Crippen molar-refractivity contribution in [3.05, 3.63) is 0 Å². The van der Waals surface area contributed by atoms with E-state index in [9.17, 15) is 67.7 Å². The predicted molar refractivity (Wildman–Crippen MR) is 219 cm³/mol. The van der Waals surface area contributed by atoms with Gasteiger partial charge in [0.05, 0.1) is 6.04 Å². The van der Waals surface area contributed by atoms with Crippen LogP contribution in [0, 0.1) is 5.92 Å². The highest BCUT2D eigenvalue weighted by atomic mass is 16.4. The van der Waals surface area contributed by atoms with E-state index in [1.54, 1.807) is 13.8 Å². The van der Waals surface area contributed by atoms with Crippen molar-refractivity contribution in [3.8, 4) is 0 Å². The number of carbonyl (C=O) groups excluding carboxylic acids is 9. The lowest BCUT2D eigenvalue weighted by atomic mass is 10.0. The molecule has 0 aliphatic heterocycles. The Morgan fingerprint density at radius 3 is 1.11 bits per heavy atom. The Morgan fingerprint density at radius 2 is 0.746 bits per heavy atom. The zero-order valence-electron chi connectivity index (χ0n) is 35.4. The molecule has 0 aliphatic carbocycles. The van der Waals surface area contributed by atoms with E-state index in [-0.39, 0.29) is 31.7 Å². The van der Waals surface area contributed by atoms with E-state index in [0.717, 1.165) is 0 Å². The van der Waals surface area contributed by atoms with Crippen molar-refractivity contribution in [3.63, 3.8) is 0 Å². The van der Waals surface area contributed by atoms with Crippen LogP contribution in [0.25, 0.3) is 0 Å². The van der Waals surface area contributed by atoms with Gasteiger partial charge in [-0.15, -0.1) is 0 Å². The number of nitrogens with one attached hydrogen (secondary N) is 6. The zero-order chi connectivity index (χ0) is 48.4. The summed E-state index contributed by atoms with van der Waals surface area (Å²) in [6, 6.07) is -10.7. The maximum atomic E-state index is 13.8. The smallest absolute Gasteiger partial charge is 0.326 e. The van der Waals surface area contributed by atoms with Crippen molar-refractivity contribution in [2.75, 3.05) is 6.54 Å². The maximum Gasteiger partial charge on any atom is 0.326 e. The highest BCUT2D eigenvalue weighted by molar-refractivity contribution is 5.97. The molecule has 0 fully saturated rings. The minimum Gasteiger partial charge on any atom is -0.481 e. The first-order valence-electron chi connectivity index (χ1n) is 20.2. The van der Waals surface area contributed by atoms with Gasteiger partial charge in [-0.25, -0.2) is 4.79 Å². The SMILES string of the molecule is CC(C)CC(NC(=O)C(CCCCN)NC(=O)C(N)CCC(=O)O)C(=O)NC(CCC(N)=O)C(=O)NC(CCC(=O)O)C(=O)NC(CCC(N)=O)C(=O)NC(CCC(N)=O)C(=O)O. The highest BCUT2D eigenvalue weighted by Gasteiger charge is 2.34. The number of nitrogens with two attached hydrogens (primary N) is 5. The van der Waals surface area contributed by atoms with E-state index in [1.165, 1.54) is 0 Å². The average Bonchev–Trinajstić information content (AvgIpc) is 3.18. The molecule has 63 heavy (non-hydrogen) atoms. The van der Waals surface area contributed by atoms with Gasteiger partial charge in [0.15, 0.2) is 0 Å². The van der Waals surface area contributed by atoms with Crippen LogP contribution in [0.1, 0.15) is 104 Å². The van der Waals surface area contributed by atoms with Gasteiger partial charge in [-0.05, 0) is 70.3 Å². The van der Waals surface area contributed by atoms with Crippen LogP contribution in [0.5, 0.6) is 0 Å². The molecule has 9 amide bonds. The van der Waals surface area contributed by atoms with E-state index in [2.05, 4.69) is 31.9 Å². The maximum absolute atomic E-state index is 13.8. The third-order valence-corrected chi connectivity index (χ3v) is 9.12. The molecule has 0 aromatic heterocycles.